The zero-order valence-corrected chi connectivity index (χ0v) is 15.2. The largest absolute Gasteiger partial charge is 0.270 e. The quantitative estimate of drug-likeness (QED) is 0.288. The Balaban J connectivity index is 1.93. The van der Waals surface area contributed by atoms with E-state index in [0.29, 0.717) is 22.3 Å². The number of fused-ring (bicyclic) bond motifs is 1. The molecule has 0 saturated carbocycles. The van der Waals surface area contributed by atoms with Crippen LogP contribution < -0.4 is 5.43 Å². The third-order valence-corrected chi connectivity index (χ3v) is 3.83. The van der Waals surface area contributed by atoms with E-state index in [1.807, 2.05) is 6.07 Å². The van der Waals surface area contributed by atoms with E-state index in [1.165, 1.54) is 18.3 Å². The third kappa shape index (κ3) is 4.19. The number of halogens is 3. The van der Waals surface area contributed by atoms with E-state index in [9.17, 15) is 10.1 Å². The highest BCUT2D eigenvalue weighted by molar-refractivity contribution is 6.66. The van der Waals surface area contributed by atoms with Gasteiger partial charge in [-0.1, -0.05) is 59.1 Å². The Bertz CT molecular complexity index is 1000. The monoisotopic (exact) mass is 409 g/mol. The molecule has 10 heteroatoms. The fourth-order valence-corrected chi connectivity index (χ4v) is 2.43. The van der Waals surface area contributed by atoms with E-state index < -0.39 is 8.72 Å². The molecule has 0 spiro atoms. The summed E-state index contributed by atoms with van der Waals surface area (Å²) in [7, 11) is 0. The van der Waals surface area contributed by atoms with E-state index in [0.717, 1.165) is 0 Å². The molecule has 2 aromatic carbocycles. The van der Waals surface area contributed by atoms with Crippen molar-refractivity contribution in [3.05, 3.63) is 70.0 Å². The molecule has 1 heterocycles. The second-order valence-corrected chi connectivity index (χ2v) is 7.41. The standard InChI is InChI=1S/C16H10Cl3N5O2/c17-16(18,19)15-21-13-7-2-1-6-12(13)14(22-15)23-20-9-10-4-3-5-11(8-10)24(25)26/h1-9H,(H,21,22,23). The van der Waals surface area contributed by atoms with Crippen LogP contribution in [0.15, 0.2) is 53.6 Å². The van der Waals surface area contributed by atoms with E-state index >= 15 is 0 Å². The summed E-state index contributed by atoms with van der Waals surface area (Å²) in [6.45, 7) is 0. The van der Waals surface area contributed by atoms with Crippen molar-refractivity contribution >= 4 is 63.4 Å². The van der Waals surface area contributed by atoms with Gasteiger partial charge in [0.05, 0.1) is 16.7 Å². The summed E-state index contributed by atoms with van der Waals surface area (Å²) in [6, 6.07) is 13.2. The molecule has 0 aliphatic heterocycles. The van der Waals surface area contributed by atoms with Gasteiger partial charge in [0.1, 0.15) is 0 Å². The molecule has 1 N–H and O–H groups in total. The first kappa shape index (κ1) is 18.3. The number of hydrazone groups is 1. The average molecular weight is 411 g/mol. The minimum Gasteiger partial charge on any atom is -0.261 e. The van der Waals surface area contributed by atoms with Gasteiger partial charge in [-0.3, -0.25) is 15.5 Å². The highest BCUT2D eigenvalue weighted by Gasteiger charge is 2.28. The summed E-state index contributed by atoms with van der Waals surface area (Å²) in [5, 5.41) is 15.6. The maximum atomic E-state index is 10.8. The first-order chi connectivity index (χ1) is 12.3. The summed E-state index contributed by atoms with van der Waals surface area (Å²) < 4.78 is -1.79. The smallest absolute Gasteiger partial charge is 0.261 e. The Morgan fingerprint density at radius 2 is 1.88 bits per heavy atom. The Hall–Kier alpha value is -2.48. The minimum absolute atomic E-state index is 0.00856. The van der Waals surface area contributed by atoms with Gasteiger partial charge in [0.2, 0.25) is 3.79 Å². The molecular formula is C16H10Cl3N5O2. The summed E-state index contributed by atoms with van der Waals surface area (Å²) >= 11 is 17.7. The SMILES string of the molecule is O=[N+]([O-])c1cccc(C=NNc2nc(C(Cl)(Cl)Cl)nc3ccccc23)c1. The molecule has 0 bridgehead atoms. The molecule has 1 aromatic heterocycles. The molecule has 0 amide bonds. The van der Waals surface area contributed by atoms with Crippen LogP contribution >= 0.6 is 34.8 Å². The van der Waals surface area contributed by atoms with Crippen LogP contribution in [0.1, 0.15) is 11.4 Å². The van der Waals surface area contributed by atoms with Crippen molar-refractivity contribution in [2.75, 3.05) is 5.43 Å². The number of non-ortho nitro benzene ring substituents is 1. The van der Waals surface area contributed by atoms with Crippen LogP contribution in [0.5, 0.6) is 0 Å². The van der Waals surface area contributed by atoms with Crippen LogP contribution in [0.3, 0.4) is 0 Å². The zero-order chi connectivity index (χ0) is 18.7. The highest BCUT2D eigenvalue weighted by Crippen LogP contribution is 2.37. The van der Waals surface area contributed by atoms with Crippen molar-refractivity contribution in [3.8, 4) is 0 Å². The van der Waals surface area contributed by atoms with Gasteiger partial charge in [-0.25, -0.2) is 9.97 Å². The Labute approximate surface area is 162 Å². The lowest BCUT2D eigenvalue weighted by Gasteiger charge is -2.12. The molecule has 0 aliphatic carbocycles. The topological polar surface area (TPSA) is 93.3 Å². The van der Waals surface area contributed by atoms with Gasteiger partial charge >= 0.3 is 0 Å². The van der Waals surface area contributed by atoms with Gasteiger partial charge in [0, 0.05) is 23.1 Å². The van der Waals surface area contributed by atoms with Crippen molar-refractivity contribution in [2.24, 2.45) is 5.10 Å². The number of benzene rings is 2. The van der Waals surface area contributed by atoms with Crippen molar-refractivity contribution in [2.45, 2.75) is 3.79 Å². The molecule has 0 fully saturated rings. The second kappa shape index (κ2) is 7.41. The van der Waals surface area contributed by atoms with Gasteiger partial charge in [0.15, 0.2) is 11.6 Å². The molecule has 26 heavy (non-hydrogen) atoms. The van der Waals surface area contributed by atoms with Crippen LogP contribution in [0.2, 0.25) is 0 Å². The number of hydrogen-bond acceptors (Lipinski definition) is 6. The lowest BCUT2D eigenvalue weighted by atomic mass is 10.2. The Kier molecular flexibility index (Phi) is 5.22. The first-order valence-corrected chi connectivity index (χ1v) is 8.35. The summed E-state index contributed by atoms with van der Waals surface area (Å²) in [5.41, 5.74) is 3.87. The second-order valence-electron chi connectivity index (χ2n) is 5.13. The lowest BCUT2D eigenvalue weighted by molar-refractivity contribution is -0.384. The fraction of sp³-hybridized carbons (Fsp3) is 0.0625. The zero-order valence-electron chi connectivity index (χ0n) is 12.9. The number of aromatic nitrogens is 2. The number of anilines is 1. The van der Waals surface area contributed by atoms with Crippen LogP contribution in [-0.2, 0) is 3.79 Å². The molecule has 0 atom stereocenters. The van der Waals surface area contributed by atoms with Gasteiger partial charge in [-0.05, 0) is 12.1 Å². The number of rotatable bonds is 4. The predicted molar refractivity (Wildman–Crippen MR) is 103 cm³/mol. The van der Waals surface area contributed by atoms with Crippen molar-refractivity contribution < 1.29 is 4.92 Å². The molecule has 0 saturated heterocycles. The fourth-order valence-electron chi connectivity index (χ4n) is 2.18. The van der Waals surface area contributed by atoms with Crippen LogP contribution in [0.4, 0.5) is 11.5 Å². The van der Waals surface area contributed by atoms with E-state index in [4.69, 9.17) is 34.8 Å². The highest BCUT2D eigenvalue weighted by atomic mass is 35.6. The van der Waals surface area contributed by atoms with Crippen molar-refractivity contribution in [1.82, 2.24) is 9.97 Å². The van der Waals surface area contributed by atoms with E-state index in [2.05, 4.69) is 20.5 Å². The summed E-state index contributed by atoms with van der Waals surface area (Å²) in [5.74, 6) is 0.354. The predicted octanol–water partition coefficient (Wildman–Crippen LogP) is 4.81. The van der Waals surface area contributed by atoms with Crippen LogP contribution in [-0.4, -0.2) is 21.1 Å². The summed E-state index contributed by atoms with van der Waals surface area (Å²) in [4.78, 5) is 18.8. The molecule has 7 nitrogen and oxygen atoms in total. The third-order valence-electron chi connectivity index (χ3n) is 3.32. The molecule has 3 rings (SSSR count). The normalized spacial score (nSPS) is 11.8. The maximum absolute atomic E-state index is 10.8. The minimum atomic E-state index is -1.79. The van der Waals surface area contributed by atoms with Gasteiger partial charge in [0.25, 0.3) is 5.69 Å². The van der Waals surface area contributed by atoms with Gasteiger partial charge in [-0.15, -0.1) is 0 Å². The number of nitrogens with zero attached hydrogens (tertiary/aromatic N) is 4. The number of alkyl halides is 3. The average Bonchev–Trinajstić information content (AvgIpc) is 2.61. The van der Waals surface area contributed by atoms with Gasteiger partial charge < -0.3 is 0 Å². The lowest BCUT2D eigenvalue weighted by Crippen LogP contribution is -2.09. The molecule has 3 aromatic rings. The van der Waals surface area contributed by atoms with Crippen molar-refractivity contribution in [3.63, 3.8) is 0 Å². The number of nitro benzene ring substituents is 1. The number of nitrogens with one attached hydrogen (secondary N) is 1. The number of nitro groups is 1. The maximum Gasteiger partial charge on any atom is 0.270 e. The van der Waals surface area contributed by atoms with Crippen LogP contribution in [0, 0.1) is 10.1 Å². The van der Waals surface area contributed by atoms with Crippen LogP contribution in [0.25, 0.3) is 10.9 Å². The van der Waals surface area contributed by atoms with Gasteiger partial charge in [-0.2, -0.15) is 5.10 Å². The molecule has 132 valence electrons. The molecule has 0 aliphatic rings. The Morgan fingerprint density at radius 3 is 2.62 bits per heavy atom. The first-order valence-electron chi connectivity index (χ1n) is 7.22. The number of para-hydroxylation sites is 1. The molecule has 0 radical (unpaired) electrons. The molecule has 0 unspecified atom stereocenters. The molecular weight excluding hydrogens is 401 g/mol. The number of hydrogen-bond donors (Lipinski definition) is 1. The van der Waals surface area contributed by atoms with E-state index in [1.54, 1.807) is 30.3 Å². The van der Waals surface area contributed by atoms with Crippen molar-refractivity contribution in [1.29, 1.82) is 0 Å². The van der Waals surface area contributed by atoms with E-state index in [-0.39, 0.29) is 11.5 Å². The summed E-state index contributed by atoms with van der Waals surface area (Å²) in [6.07, 6.45) is 1.43. The Morgan fingerprint density at radius 1 is 1.12 bits per heavy atom.